The molecule has 1 aromatic rings. The molecule has 0 aliphatic heterocycles. The number of hydrogen-bond acceptors (Lipinski definition) is 3. The molecule has 0 saturated carbocycles. The van der Waals surface area contributed by atoms with E-state index in [0.29, 0.717) is 0 Å². The van der Waals surface area contributed by atoms with Crippen molar-refractivity contribution in [3.8, 4) is 0 Å². The van der Waals surface area contributed by atoms with Gasteiger partial charge >= 0.3 is 5.97 Å². The minimum Gasteiger partial charge on any atom is -0.476 e. The minimum absolute atomic E-state index is 0.0629. The number of carboxylic acid groups (broad SMARTS) is 1. The Labute approximate surface area is 104 Å². The molecule has 1 rings (SSSR count). The van der Waals surface area contributed by atoms with Crippen LogP contribution in [0.3, 0.4) is 0 Å². The van der Waals surface area contributed by atoms with Crippen LogP contribution in [-0.4, -0.2) is 17.7 Å². The number of aryl methyl sites for hydroxylation is 1. The molecule has 0 bridgehead atoms. The van der Waals surface area contributed by atoms with Gasteiger partial charge in [0, 0.05) is 0 Å². The van der Waals surface area contributed by atoms with E-state index in [0.717, 1.165) is 11.1 Å². The first-order valence-electron chi connectivity index (χ1n) is 5.28. The summed E-state index contributed by atoms with van der Waals surface area (Å²) in [7, 11) is 0. The van der Waals surface area contributed by atoms with Gasteiger partial charge in [0.1, 0.15) is 6.33 Å². The maximum absolute atomic E-state index is 12.0. The van der Waals surface area contributed by atoms with Crippen molar-refractivity contribution >= 4 is 12.0 Å². The zero-order chi connectivity index (χ0) is 13.4. The van der Waals surface area contributed by atoms with Crippen LogP contribution in [0.2, 0.25) is 0 Å². The summed E-state index contributed by atoms with van der Waals surface area (Å²) in [5.41, 5.74) is 3.52. The van der Waals surface area contributed by atoms with E-state index in [1.807, 2.05) is 42.7 Å². The van der Waals surface area contributed by atoms with Crippen LogP contribution >= 0.6 is 0 Å². The minimum atomic E-state index is -1.42. The highest BCUT2D eigenvalue weighted by Crippen LogP contribution is 2.05. The number of halogens is 1. The molecule has 2 N–H and O–H groups in total. The van der Waals surface area contributed by atoms with Crippen LogP contribution in [0.25, 0.3) is 6.08 Å². The van der Waals surface area contributed by atoms with Gasteiger partial charge in [0.05, 0.1) is 6.61 Å². The number of nitrogens with one attached hydrogen (secondary N) is 1. The van der Waals surface area contributed by atoms with E-state index in [2.05, 4.69) is 0 Å². The molecule has 0 atom stereocenters. The van der Waals surface area contributed by atoms with E-state index < -0.39 is 11.7 Å². The predicted octanol–water partition coefficient (Wildman–Crippen LogP) is 2.42. The Bertz CT molecular complexity index is 469. The number of rotatable bonds is 6. The third-order valence-corrected chi connectivity index (χ3v) is 2.05. The van der Waals surface area contributed by atoms with Gasteiger partial charge in [-0.15, -0.1) is 0 Å². The summed E-state index contributed by atoms with van der Waals surface area (Å²) in [6.07, 6.45) is 3.46. The Hall–Kier alpha value is -2.14. The van der Waals surface area contributed by atoms with Crippen molar-refractivity contribution in [3.63, 3.8) is 0 Å². The molecular weight excluding hydrogens is 237 g/mol. The summed E-state index contributed by atoms with van der Waals surface area (Å²) in [4.78, 5) is 15.2. The van der Waals surface area contributed by atoms with E-state index >= 15 is 0 Å². The molecule has 0 spiro atoms. The van der Waals surface area contributed by atoms with Gasteiger partial charge in [0.15, 0.2) is 5.70 Å². The summed E-state index contributed by atoms with van der Waals surface area (Å²) >= 11 is 0. The third-order valence-electron chi connectivity index (χ3n) is 2.05. The van der Waals surface area contributed by atoms with Crippen molar-refractivity contribution in [2.45, 2.75) is 6.92 Å². The second-order valence-electron chi connectivity index (χ2n) is 3.56. The van der Waals surface area contributed by atoms with Gasteiger partial charge in [-0.05, 0) is 12.5 Å². The lowest BCUT2D eigenvalue weighted by Crippen LogP contribution is -2.20. The fraction of sp³-hybridized carbons (Fsp3) is 0.154. The third kappa shape index (κ3) is 4.80. The average molecular weight is 251 g/mol. The first-order valence-corrected chi connectivity index (χ1v) is 5.28. The van der Waals surface area contributed by atoms with Gasteiger partial charge in [-0.25, -0.2) is 9.18 Å². The largest absolute Gasteiger partial charge is 0.476 e. The normalized spacial score (nSPS) is 11.8. The number of carbonyl (C=O) groups is 1. The summed E-state index contributed by atoms with van der Waals surface area (Å²) in [6.45, 7) is 2.11. The van der Waals surface area contributed by atoms with Gasteiger partial charge in [-0.3, -0.25) is 10.3 Å². The van der Waals surface area contributed by atoms with Gasteiger partial charge in [-0.1, -0.05) is 42.0 Å². The zero-order valence-electron chi connectivity index (χ0n) is 9.89. The second-order valence-corrected chi connectivity index (χ2v) is 3.56. The number of hydrogen-bond donors (Lipinski definition) is 2. The number of benzene rings is 1. The lowest BCUT2D eigenvalue weighted by atomic mass is 10.1. The lowest BCUT2D eigenvalue weighted by molar-refractivity contribution is -0.134. The maximum atomic E-state index is 12.0. The highest BCUT2D eigenvalue weighted by atomic mass is 19.1. The molecule has 0 aliphatic rings. The molecule has 5 heteroatoms. The van der Waals surface area contributed by atoms with Gasteiger partial charge in [0.25, 0.3) is 0 Å². The Morgan fingerprint density at radius 3 is 2.94 bits per heavy atom. The molecule has 96 valence electrons. The molecule has 4 nitrogen and oxygen atoms in total. The zero-order valence-corrected chi connectivity index (χ0v) is 9.89. The topological polar surface area (TPSA) is 58.6 Å². The van der Waals surface area contributed by atoms with E-state index in [4.69, 9.17) is 9.94 Å². The Balaban J connectivity index is 2.36. The SMILES string of the molecule is Cc1cccc(C=CCONC(=CF)C(=O)O)c1. The van der Waals surface area contributed by atoms with Crippen LogP contribution in [0.15, 0.2) is 42.4 Å². The van der Waals surface area contributed by atoms with E-state index in [1.54, 1.807) is 6.08 Å². The standard InChI is InChI=1S/C13H14FNO3/c1-10-4-2-5-11(8-10)6-3-7-18-15-12(9-14)13(16)17/h2-6,8-9,15H,7H2,1H3,(H,16,17). The molecular formula is C13H14FNO3. The molecule has 0 aromatic heterocycles. The van der Waals surface area contributed by atoms with Crippen molar-refractivity contribution in [1.82, 2.24) is 5.48 Å². The molecule has 18 heavy (non-hydrogen) atoms. The summed E-state index contributed by atoms with van der Waals surface area (Å²) < 4.78 is 12.0. The van der Waals surface area contributed by atoms with Gasteiger partial charge < -0.3 is 5.11 Å². The first-order chi connectivity index (χ1) is 8.63. The lowest BCUT2D eigenvalue weighted by Gasteiger charge is -2.03. The maximum Gasteiger partial charge on any atom is 0.356 e. The van der Waals surface area contributed by atoms with E-state index in [9.17, 15) is 9.18 Å². The molecule has 0 amide bonds. The Morgan fingerprint density at radius 1 is 1.56 bits per heavy atom. The van der Waals surface area contributed by atoms with Gasteiger partial charge in [-0.2, -0.15) is 0 Å². The fourth-order valence-corrected chi connectivity index (χ4v) is 1.24. The van der Waals surface area contributed by atoms with Gasteiger partial charge in [0.2, 0.25) is 0 Å². The Kier molecular flexibility index (Phi) is 5.60. The quantitative estimate of drug-likeness (QED) is 0.463. The van der Waals surface area contributed by atoms with Crippen LogP contribution in [0, 0.1) is 6.92 Å². The van der Waals surface area contributed by atoms with Crippen LogP contribution in [-0.2, 0) is 9.63 Å². The van der Waals surface area contributed by atoms with E-state index in [-0.39, 0.29) is 12.9 Å². The number of hydroxylamine groups is 1. The van der Waals surface area contributed by atoms with Crippen LogP contribution in [0.5, 0.6) is 0 Å². The number of carboxylic acids is 1. The van der Waals surface area contributed by atoms with Crippen LogP contribution in [0.4, 0.5) is 4.39 Å². The van der Waals surface area contributed by atoms with Crippen molar-refractivity contribution in [1.29, 1.82) is 0 Å². The molecule has 1 aromatic carbocycles. The molecule has 0 heterocycles. The van der Waals surface area contributed by atoms with E-state index in [1.165, 1.54) is 0 Å². The van der Waals surface area contributed by atoms with Crippen molar-refractivity contribution < 1.29 is 19.1 Å². The molecule has 0 unspecified atom stereocenters. The van der Waals surface area contributed by atoms with Crippen molar-refractivity contribution in [3.05, 3.63) is 53.5 Å². The smallest absolute Gasteiger partial charge is 0.356 e. The molecule has 0 aliphatic carbocycles. The second kappa shape index (κ2) is 7.24. The first kappa shape index (κ1) is 13.9. The fourth-order valence-electron chi connectivity index (χ4n) is 1.24. The predicted molar refractivity (Wildman–Crippen MR) is 66.1 cm³/mol. The van der Waals surface area contributed by atoms with Crippen molar-refractivity contribution in [2.24, 2.45) is 0 Å². The molecule has 0 radical (unpaired) electrons. The monoisotopic (exact) mass is 251 g/mol. The Morgan fingerprint density at radius 2 is 2.33 bits per heavy atom. The van der Waals surface area contributed by atoms with Crippen LogP contribution < -0.4 is 5.48 Å². The average Bonchev–Trinajstić information content (AvgIpc) is 2.33. The molecule has 0 saturated heterocycles. The highest BCUT2D eigenvalue weighted by Gasteiger charge is 2.05. The summed E-state index contributed by atoms with van der Waals surface area (Å²) in [5.74, 6) is -1.42. The summed E-state index contributed by atoms with van der Waals surface area (Å²) in [6, 6.07) is 7.85. The number of aliphatic carboxylic acids is 1. The summed E-state index contributed by atoms with van der Waals surface area (Å²) in [5, 5.41) is 8.47. The molecule has 0 fully saturated rings. The van der Waals surface area contributed by atoms with Crippen LogP contribution in [0.1, 0.15) is 11.1 Å². The van der Waals surface area contributed by atoms with Crippen molar-refractivity contribution in [2.75, 3.05) is 6.61 Å². The highest BCUT2D eigenvalue weighted by molar-refractivity contribution is 5.85.